The fraction of sp³-hybridized carbons (Fsp3) is 0.467. The van der Waals surface area contributed by atoms with E-state index in [0.29, 0.717) is 0 Å². The molecule has 1 aromatic heterocycles. The highest BCUT2D eigenvalue weighted by Crippen LogP contribution is 2.48. The van der Waals surface area contributed by atoms with Gasteiger partial charge >= 0.3 is 5.97 Å². The van der Waals surface area contributed by atoms with Crippen molar-refractivity contribution in [3.63, 3.8) is 0 Å². The van der Waals surface area contributed by atoms with Crippen LogP contribution in [0.15, 0.2) is 24.3 Å². The van der Waals surface area contributed by atoms with E-state index in [2.05, 4.69) is 5.43 Å². The summed E-state index contributed by atoms with van der Waals surface area (Å²) in [5.74, 6) is -2.08. The molecule has 0 saturated heterocycles. The minimum atomic E-state index is -0.872. The minimum absolute atomic E-state index is 0.0000983. The Kier molecular flexibility index (Phi) is 2.92. The number of carbonyl (C=O) groups is 2. The van der Waals surface area contributed by atoms with Gasteiger partial charge in [0.05, 0.1) is 11.8 Å². The van der Waals surface area contributed by atoms with Crippen LogP contribution in [-0.4, -0.2) is 21.7 Å². The number of carboxylic acids is 1. The molecule has 0 aromatic carbocycles. The lowest BCUT2D eigenvalue weighted by Crippen LogP contribution is -2.39. The number of aliphatic carboxylic acids is 1. The van der Waals surface area contributed by atoms with E-state index in [1.165, 1.54) is 0 Å². The molecule has 1 saturated carbocycles. The number of aryl methyl sites for hydroxylation is 2. The number of aromatic nitrogens is 1. The summed E-state index contributed by atoms with van der Waals surface area (Å²) in [5, 5.41) is 9.37. The van der Waals surface area contributed by atoms with Crippen LogP contribution in [0.1, 0.15) is 17.8 Å². The van der Waals surface area contributed by atoms with Crippen LogP contribution < -0.4 is 5.43 Å². The molecule has 20 heavy (non-hydrogen) atoms. The van der Waals surface area contributed by atoms with Crippen LogP contribution in [0.3, 0.4) is 0 Å². The molecular formula is C15H18N2O3. The van der Waals surface area contributed by atoms with E-state index in [1.54, 1.807) is 4.68 Å². The topological polar surface area (TPSA) is 71.3 Å². The van der Waals surface area contributed by atoms with Gasteiger partial charge in [-0.1, -0.05) is 12.2 Å². The number of carbonyl (C=O) groups excluding carboxylic acids is 1. The van der Waals surface area contributed by atoms with E-state index in [-0.39, 0.29) is 17.7 Å². The summed E-state index contributed by atoms with van der Waals surface area (Å²) in [6.07, 6.45) is 4.71. The Morgan fingerprint density at radius 1 is 1.15 bits per heavy atom. The fourth-order valence-corrected chi connectivity index (χ4v) is 3.55. The molecule has 106 valence electrons. The Hall–Kier alpha value is -2.04. The van der Waals surface area contributed by atoms with E-state index in [0.717, 1.165) is 17.8 Å². The first-order valence-electron chi connectivity index (χ1n) is 6.86. The molecular weight excluding hydrogens is 256 g/mol. The van der Waals surface area contributed by atoms with Crippen LogP contribution >= 0.6 is 0 Å². The maximum Gasteiger partial charge on any atom is 0.307 e. The molecule has 4 atom stereocenters. The number of hydrogen-bond donors (Lipinski definition) is 2. The molecule has 2 N–H and O–H groups in total. The number of hydrogen-bond acceptors (Lipinski definition) is 2. The van der Waals surface area contributed by atoms with Crippen molar-refractivity contribution in [2.75, 3.05) is 5.43 Å². The van der Waals surface area contributed by atoms with E-state index in [4.69, 9.17) is 0 Å². The van der Waals surface area contributed by atoms with E-state index in [9.17, 15) is 14.7 Å². The van der Waals surface area contributed by atoms with Gasteiger partial charge in [-0.2, -0.15) is 0 Å². The maximum absolute atomic E-state index is 12.5. The van der Waals surface area contributed by atoms with Crippen molar-refractivity contribution in [1.82, 2.24) is 4.68 Å². The normalized spacial score (nSPS) is 30.7. The molecule has 0 aliphatic heterocycles. The van der Waals surface area contributed by atoms with Crippen molar-refractivity contribution >= 4 is 11.9 Å². The number of amides is 1. The predicted molar refractivity (Wildman–Crippen MR) is 73.6 cm³/mol. The standard InChI is InChI=1S/C15H18N2O3/c1-8-3-4-9(2)17(8)16-14(18)12-10-5-6-11(7-10)13(12)15(19)20/h3-6,10-13H,7H2,1-2H3,(H,16,18)(H,19,20)/t10?,11?,12-,13+/m0/s1. The number of nitrogens with zero attached hydrogens (tertiary/aromatic N) is 1. The highest BCUT2D eigenvalue weighted by molar-refractivity contribution is 5.91. The summed E-state index contributed by atoms with van der Waals surface area (Å²) in [4.78, 5) is 23.9. The van der Waals surface area contributed by atoms with Crippen LogP contribution in [-0.2, 0) is 9.59 Å². The minimum Gasteiger partial charge on any atom is -0.481 e. The molecule has 5 nitrogen and oxygen atoms in total. The molecule has 1 aromatic rings. The molecule has 3 rings (SSSR count). The van der Waals surface area contributed by atoms with Gasteiger partial charge in [-0.3, -0.25) is 19.7 Å². The molecule has 2 aliphatic rings. The quantitative estimate of drug-likeness (QED) is 0.824. The first-order valence-corrected chi connectivity index (χ1v) is 6.86. The van der Waals surface area contributed by atoms with Crippen LogP contribution in [0, 0.1) is 37.5 Å². The van der Waals surface area contributed by atoms with Crippen molar-refractivity contribution in [3.05, 3.63) is 35.7 Å². The summed E-state index contributed by atoms with van der Waals surface area (Å²) in [6, 6.07) is 3.84. The van der Waals surface area contributed by atoms with Crippen LogP contribution in [0.2, 0.25) is 0 Å². The highest BCUT2D eigenvalue weighted by atomic mass is 16.4. The lowest BCUT2D eigenvalue weighted by molar-refractivity contribution is -0.147. The Labute approximate surface area is 117 Å². The monoisotopic (exact) mass is 274 g/mol. The maximum atomic E-state index is 12.5. The summed E-state index contributed by atoms with van der Waals surface area (Å²) in [5.41, 5.74) is 4.71. The number of allylic oxidation sites excluding steroid dienone is 2. The second-order valence-corrected chi connectivity index (χ2v) is 5.77. The molecule has 1 fully saturated rings. The van der Waals surface area contributed by atoms with Gasteiger partial charge in [0.15, 0.2) is 0 Å². The van der Waals surface area contributed by atoms with Crippen molar-refractivity contribution < 1.29 is 14.7 Å². The largest absolute Gasteiger partial charge is 0.481 e. The zero-order valence-corrected chi connectivity index (χ0v) is 11.5. The summed E-state index contributed by atoms with van der Waals surface area (Å²) in [7, 11) is 0. The molecule has 0 radical (unpaired) electrons. The number of rotatable bonds is 3. The molecule has 2 aliphatic carbocycles. The Bertz CT molecular complexity index is 583. The zero-order chi connectivity index (χ0) is 14.4. The van der Waals surface area contributed by atoms with Gasteiger partial charge in [0, 0.05) is 11.4 Å². The molecule has 1 amide bonds. The molecule has 0 spiro atoms. The Balaban J connectivity index is 1.84. The lowest BCUT2D eigenvalue weighted by Gasteiger charge is -2.24. The van der Waals surface area contributed by atoms with Gasteiger partial charge in [0.25, 0.3) is 0 Å². The lowest BCUT2D eigenvalue weighted by atomic mass is 9.82. The Morgan fingerprint density at radius 3 is 2.25 bits per heavy atom. The van der Waals surface area contributed by atoms with Gasteiger partial charge in [-0.05, 0) is 44.2 Å². The SMILES string of the molecule is Cc1ccc(C)n1NC(=O)[C@H]1C2C=CC(C2)[C@H]1C(=O)O. The van der Waals surface area contributed by atoms with Crippen LogP contribution in [0.5, 0.6) is 0 Å². The average molecular weight is 274 g/mol. The van der Waals surface area contributed by atoms with Crippen LogP contribution in [0.25, 0.3) is 0 Å². The summed E-state index contributed by atoms with van der Waals surface area (Å²) >= 11 is 0. The summed E-state index contributed by atoms with van der Waals surface area (Å²) in [6.45, 7) is 3.81. The number of fused-ring (bicyclic) bond motifs is 2. The van der Waals surface area contributed by atoms with Crippen LogP contribution in [0.4, 0.5) is 0 Å². The fourth-order valence-electron chi connectivity index (χ4n) is 3.55. The van der Waals surface area contributed by atoms with Gasteiger partial charge in [0.2, 0.25) is 5.91 Å². The molecule has 1 heterocycles. The van der Waals surface area contributed by atoms with E-state index in [1.807, 2.05) is 38.1 Å². The van der Waals surface area contributed by atoms with Crippen molar-refractivity contribution in [1.29, 1.82) is 0 Å². The van der Waals surface area contributed by atoms with Gasteiger partial charge in [-0.25, -0.2) is 0 Å². The third kappa shape index (κ3) is 1.85. The number of nitrogens with one attached hydrogen (secondary N) is 1. The number of carboxylic acid groups (broad SMARTS) is 1. The molecule has 5 heteroatoms. The van der Waals surface area contributed by atoms with Gasteiger partial charge < -0.3 is 5.11 Å². The van der Waals surface area contributed by atoms with Crippen molar-refractivity contribution in [2.45, 2.75) is 20.3 Å². The van der Waals surface area contributed by atoms with Crippen molar-refractivity contribution in [3.8, 4) is 0 Å². The van der Waals surface area contributed by atoms with E-state index < -0.39 is 17.8 Å². The molecule has 2 bridgehead atoms. The Morgan fingerprint density at radius 2 is 1.70 bits per heavy atom. The highest BCUT2D eigenvalue weighted by Gasteiger charge is 2.51. The third-order valence-corrected chi connectivity index (χ3v) is 4.54. The first kappa shape index (κ1) is 13.0. The second kappa shape index (κ2) is 4.51. The molecule has 2 unspecified atom stereocenters. The average Bonchev–Trinajstić information content (AvgIpc) is 3.07. The van der Waals surface area contributed by atoms with E-state index >= 15 is 0 Å². The smallest absolute Gasteiger partial charge is 0.307 e. The second-order valence-electron chi connectivity index (χ2n) is 5.77. The predicted octanol–water partition coefficient (Wildman–Crippen LogP) is 1.70. The third-order valence-electron chi connectivity index (χ3n) is 4.54. The zero-order valence-electron chi connectivity index (χ0n) is 11.5. The van der Waals surface area contributed by atoms with Crippen molar-refractivity contribution in [2.24, 2.45) is 23.7 Å². The van der Waals surface area contributed by atoms with Gasteiger partial charge in [-0.15, -0.1) is 0 Å². The van der Waals surface area contributed by atoms with Gasteiger partial charge in [0.1, 0.15) is 0 Å². The summed E-state index contributed by atoms with van der Waals surface area (Å²) < 4.78 is 1.72. The first-order chi connectivity index (χ1) is 9.49.